The maximum absolute atomic E-state index is 10.9. The fraction of sp³-hybridized carbons (Fsp3) is 0.500. The van der Waals surface area contributed by atoms with Gasteiger partial charge in [-0.2, -0.15) is 0 Å². The van der Waals surface area contributed by atoms with E-state index in [2.05, 4.69) is 18.8 Å². The van der Waals surface area contributed by atoms with E-state index in [0.29, 0.717) is 11.8 Å². The van der Waals surface area contributed by atoms with Gasteiger partial charge in [-0.15, -0.1) is 0 Å². The second kappa shape index (κ2) is 3.52. The van der Waals surface area contributed by atoms with Gasteiger partial charge in [0.1, 0.15) is 0 Å². The van der Waals surface area contributed by atoms with Crippen LogP contribution >= 0.6 is 0 Å². The second-order valence-corrected chi connectivity index (χ2v) is 4.29. The third-order valence-corrected chi connectivity index (χ3v) is 2.73. The molecule has 0 spiro atoms. The zero-order valence-electron chi connectivity index (χ0n) is 8.66. The Hall–Kier alpha value is -1.18. The van der Waals surface area contributed by atoms with E-state index >= 15 is 0 Å². The second-order valence-electron chi connectivity index (χ2n) is 4.29. The van der Waals surface area contributed by atoms with Gasteiger partial charge in [0.15, 0.2) is 6.29 Å². The van der Waals surface area contributed by atoms with Gasteiger partial charge in [-0.1, -0.05) is 13.8 Å². The van der Waals surface area contributed by atoms with Gasteiger partial charge in [0.05, 0.1) is 5.69 Å². The minimum atomic E-state index is 0.439. The molecule has 0 unspecified atom stereocenters. The summed E-state index contributed by atoms with van der Waals surface area (Å²) in [5.74, 6) is 0.992. The highest BCUT2D eigenvalue weighted by molar-refractivity contribution is 5.77. The van der Waals surface area contributed by atoms with Gasteiger partial charge in [0.25, 0.3) is 0 Å². The van der Waals surface area contributed by atoms with Crippen LogP contribution in [0.5, 0.6) is 0 Å². The molecule has 0 amide bonds. The van der Waals surface area contributed by atoms with Crippen molar-refractivity contribution in [1.29, 1.82) is 0 Å². The molecule has 0 radical (unpaired) electrons. The van der Waals surface area contributed by atoms with Gasteiger partial charge in [0, 0.05) is 17.7 Å². The monoisotopic (exact) mass is 189 g/mol. The Kier molecular flexibility index (Phi) is 2.36. The molecule has 1 aromatic rings. The Balaban J connectivity index is 2.38. The lowest BCUT2D eigenvalue weighted by Crippen LogP contribution is -1.98. The quantitative estimate of drug-likeness (QED) is 0.684. The summed E-state index contributed by atoms with van der Waals surface area (Å²) in [5, 5.41) is 0. The van der Waals surface area contributed by atoms with Gasteiger partial charge in [-0.05, 0) is 30.4 Å². The number of aldehydes is 1. The van der Waals surface area contributed by atoms with Gasteiger partial charge in [0.2, 0.25) is 0 Å². The SMILES string of the molecule is CC(C)c1cnc(C2CC2)c(C=O)c1. The standard InChI is InChI=1S/C12H15NO/c1-8(2)10-5-11(7-14)12(13-6-10)9-3-4-9/h5-9H,3-4H2,1-2H3. The molecule has 0 atom stereocenters. The molecule has 1 aliphatic carbocycles. The molecule has 2 nitrogen and oxygen atoms in total. The van der Waals surface area contributed by atoms with Crippen molar-refractivity contribution in [2.24, 2.45) is 0 Å². The van der Waals surface area contributed by atoms with Crippen LogP contribution in [0.15, 0.2) is 12.3 Å². The zero-order valence-corrected chi connectivity index (χ0v) is 8.66. The molecule has 1 aromatic heterocycles. The minimum Gasteiger partial charge on any atom is -0.298 e. The molecule has 1 saturated carbocycles. The van der Waals surface area contributed by atoms with Crippen molar-refractivity contribution < 1.29 is 4.79 Å². The van der Waals surface area contributed by atoms with Gasteiger partial charge >= 0.3 is 0 Å². The molecular formula is C12H15NO. The molecule has 0 N–H and O–H groups in total. The predicted molar refractivity (Wildman–Crippen MR) is 55.7 cm³/mol. The first-order valence-corrected chi connectivity index (χ1v) is 5.17. The minimum absolute atomic E-state index is 0.439. The highest BCUT2D eigenvalue weighted by atomic mass is 16.1. The van der Waals surface area contributed by atoms with Crippen LogP contribution in [0.3, 0.4) is 0 Å². The third-order valence-electron chi connectivity index (χ3n) is 2.73. The third kappa shape index (κ3) is 1.69. The Morgan fingerprint density at radius 3 is 2.71 bits per heavy atom. The van der Waals surface area contributed by atoms with E-state index in [1.54, 1.807) is 0 Å². The topological polar surface area (TPSA) is 30.0 Å². The summed E-state index contributed by atoms with van der Waals surface area (Å²) in [6, 6.07) is 1.98. The van der Waals surface area contributed by atoms with Gasteiger partial charge in [-0.3, -0.25) is 9.78 Å². The van der Waals surface area contributed by atoms with Crippen LogP contribution in [0.2, 0.25) is 0 Å². The van der Waals surface area contributed by atoms with E-state index in [0.717, 1.165) is 23.1 Å². The van der Waals surface area contributed by atoms with Crippen molar-refractivity contribution in [2.75, 3.05) is 0 Å². The normalized spacial score (nSPS) is 15.9. The summed E-state index contributed by atoms with van der Waals surface area (Å²) in [7, 11) is 0. The molecule has 0 aliphatic heterocycles. The predicted octanol–water partition coefficient (Wildman–Crippen LogP) is 2.89. The molecule has 0 bridgehead atoms. The Morgan fingerprint density at radius 2 is 2.21 bits per heavy atom. The van der Waals surface area contributed by atoms with Crippen molar-refractivity contribution >= 4 is 6.29 Å². The van der Waals surface area contributed by atoms with Crippen molar-refractivity contribution in [2.45, 2.75) is 38.5 Å². The Morgan fingerprint density at radius 1 is 1.50 bits per heavy atom. The molecule has 0 saturated heterocycles. The van der Waals surface area contributed by atoms with E-state index in [9.17, 15) is 4.79 Å². The smallest absolute Gasteiger partial charge is 0.151 e. The average molecular weight is 189 g/mol. The van der Waals surface area contributed by atoms with Crippen molar-refractivity contribution in [3.05, 3.63) is 29.1 Å². The van der Waals surface area contributed by atoms with Gasteiger partial charge in [-0.25, -0.2) is 0 Å². The molecule has 2 heteroatoms. The van der Waals surface area contributed by atoms with Crippen molar-refractivity contribution in [3.63, 3.8) is 0 Å². The van der Waals surface area contributed by atoms with Crippen LogP contribution in [-0.2, 0) is 0 Å². The number of hydrogen-bond donors (Lipinski definition) is 0. The van der Waals surface area contributed by atoms with E-state index in [1.807, 2.05) is 12.3 Å². The first-order chi connectivity index (χ1) is 6.72. The summed E-state index contributed by atoms with van der Waals surface area (Å²) >= 11 is 0. The fourth-order valence-electron chi connectivity index (χ4n) is 1.62. The van der Waals surface area contributed by atoms with E-state index in [4.69, 9.17) is 0 Å². The Bertz CT molecular complexity index is 353. The first-order valence-electron chi connectivity index (χ1n) is 5.17. The summed E-state index contributed by atoms with van der Waals surface area (Å²) in [6.45, 7) is 4.23. The number of hydrogen-bond acceptors (Lipinski definition) is 2. The number of carbonyl (C=O) groups is 1. The van der Waals surface area contributed by atoms with E-state index in [1.165, 1.54) is 12.8 Å². The number of nitrogens with zero attached hydrogens (tertiary/aromatic N) is 1. The largest absolute Gasteiger partial charge is 0.298 e. The average Bonchev–Trinajstić information content (AvgIpc) is 3.00. The summed E-state index contributed by atoms with van der Waals surface area (Å²) in [4.78, 5) is 15.3. The number of aromatic nitrogens is 1. The molecule has 1 heterocycles. The molecule has 0 aromatic carbocycles. The van der Waals surface area contributed by atoms with Crippen LogP contribution in [0.25, 0.3) is 0 Å². The molecule has 1 aliphatic rings. The summed E-state index contributed by atoms with van der Waals surface area (Å²) in [5.41, 5.74) is 2.94. The lowest BCUT2D eigenvalue weighted by atomic mass is 10.0. The Labute approximate surface area is 84.4 Å². The molecule has 2 rings (SSSR count). The zero-order chi connectivity index (χ0) is 10.1. The molecular weight excluding hydrogens is 174 g/mol. The van der Waals surface area contributed by atoms with Crippen molar-refractivity contribution in [3.8, 4) is 0 Å². The molecule has 74 valence electrons. The van der Waals surface area contributed by atoms with E-state index < -0.39 is 0 Å². The van der Waals surface area contributed by atoms with Crippen LogP contribution in [-0.4, -0.2) is 11.3 Å². The lowest BCUT2D eigenvalue weighted by molar-refractivity contribution is 0.112. The highest BCUT2D eigenvalue weighted by Gasteiger charge is 2.27. The van der Waals surface area contributed by atoms with Crippen LogP contribution in [0.4, 0.5) is 0 Å². The maximum Gasteiger partial charge on any atom is 0.151 e. The highest BCUT2D eigenvalue weighted by Crippen LogP contribution is 2.40. The number of carbonyl (C=O) groups excluding carboxylic acids is 1. The number of pyridine rings is 1. The molecule has 14 heavy (non-hydrogen) atoms. The summed E-state index contributed by atoms with van der Waals surface area (Å²) < 4.78 is 0. The maximum atomic E-state index is 10.9. The first kappa shape index (κ1) is 9.38. The van der Waals surface area contributed by atoms with Crippen molar-refractivity contribution in [1.82, 2.24) is 4.98 Å². The van der Waals surface area contributed by atoms with Crippen LogP contribution in [0.1, 0.15) is 60.1 Å². The van der Waals surface area contributed by atoms with Crippen LogP contribution < -0.4 is 0 Å². The van der Waals surface area contributed by atoms with Gasteiger partial charge < -0.3 is 0 Å². The fourth-order valence-corrected chi connectivity index (χ4v) is 1.62. The molecule has 1 fully saturated rings. The van der Waals surface area contributed by atoms with E-state index in [-0.39, 0.29) is 0 Å². The lowest BCUT2D eigenvalue weighted by Gasteiger charge is -2.08. The number of rotatable bonds is 3. The summed E-state index contributed by atoms with van der Waals surface area (Å²) in [6.07, 6.45) is 5.22. The van der Waals surface area contributed by atoms with Crippen LogP contribution in [0, 0.1) is 0 Å².